The van der Waals surface area contributed by atoms with E-state index in [9.17, 15) is 35.5 Å². The molecule has 104 valence electrons. The van der Waals surface area contributed by atoms with Crippen molar-refractivity contribution in [1.82, 2.24) is 0 Å². The number of aliphatic carboxylic acids is 1. The molecule has 11 heteroatoms. The van der Waals surface area contributed by atoms with E-state index in [2.05, 4.69) is 4.74 Å². The highest BCUT2D eigenvalue weighted by molar-refractivity contribution is 5.71. The standard InChI is InChI=1S/C6H5F7O3.FH/c1-2(3(14)15)16-6(12,13)4(7,8)5(9,10)11;/h2H,1H3,(H,14,15);1H. The third-order valence-electron chi connectivity index (χ3n) is 1.39. The number of rotatable bonds is 4. The fraction of sp³-hybridized carbons (Fsp3) is 0.833. The highest BCUT2D eigenvalue weighted by Gasteiger charge is 2.75. The van der Waals surface area contributed by atoms with Gasteiger partial charge in [0.15, 0.2) is 6.10 Å². The van der Waals surface area contributed by atoms with Crippen LogP contribution in [0.1, 0.15) is 6.92 Å². The zero-order chi connectivity index (χ0) is 13.4. The van der Waals surface area contributed by atoms with Crippen LogP contribution in [-0.2, 0) is 9.53 Å². The predicted octanol–water partition coefficient (Wildman–Crippen LogP) is 2.42. The van der Waals surface area contributed by atoms with Gasteiger partial charge in [-0.25, -0.2) is 4.79 Å². The zero-order valence-corrected chi connectivity index (χ0v) is 7.90. The molecule has 0 saturated heterocycles. The molecule has 0 saturated carbocycles. The van der Waals surface area contributed by atoms with Crippen molar-refractivity contribution in [3.8, 4) is 0 Å². The maximum Gasteiger partial charge on any atom is 0.462 e. The van der Waals surface area contributed by atoms with Crippen LogP contribution in [-0.4, -0.2) is 35.4 Å². The summed E-state index contributed by atoms with van der Waals surface area (Å²) in [5.74, 6) is -8.57. The normalized spacial score (nSPS) is 15.1. The summed E-state index contributed by atoms with van der Waals surface area (Å²) in [5.41, 5.74) is 0. The Morgan fingerprint density at radius 3 is 1.71 bits per heavy atom. The van der Waals surface area contributed by atoms with Crippen molar-refractivity contribution in [3.05, 3.63) is 0 Å². The second-order valence-electron chi connectivity index (χ2n) is 2.69. The number of halogens is 8. The van der Waals surface area contributed by atoms with Crippen LogP contribution in [0.3, 0.4) is 0 Å². The lowest BCUT2D eigenvalue weighted by atomic mass is 10.3. The quantitative estimate of drug-likeness (QED) is 0.803. The van der Waals surface area contributed by atoms with E-state index < -0.39 is 30.3 Å². The first kappa shape index (κ1) is 18.2. The summed E-state index contributed by atoms with van der Waals surface area (Å²) in [6, 6.07) is 0. The molecule has 0 spiro atoms. The summed E-state index contributed by atoms with van der Waals surface area (Å²) in [5, 5.41) is 8.03. The van der Waals surface area contributed by atoms with Gasteiger partial charge in [-0.15, -0.1) is 0 Å². The topological polar surface area (TPSA) is 46.5 Å². The van der Waals surface area contributed by atoms with Gasteiger partial charge in [0.25, 0.3) is 0 Å². The Morgan fingerprint density at radius 1 is 1.12 bits per heavy atom. The molecule has 17 heavy (non-hydrogen) atoms. The van der Waals surface area contributed by atoms with Gasteiger partial charge in [0, 0.05) is 0 Å². The predicted molar refractivity (Wildman–Crippen MR) is 36.6 cm³/mol. The molecule has 0 bridgehead atoms. The third kappa shape index (κ3) is 3.68. The Bertz CT molecular complexity index is 273. The smallest absolute Gasteiger partial charge is 0.462 e. The average Bonchev–Trinajstić information content (AvgIpc) is 2.00. The highest BCUT2D eigenvalue weighted by Crippen LogP contribution is 2.47. The summed E-state index contributed by atoms with van der Waals surface area (Å²) in [4.78, 5) is 9.97. The van der Waals surface area contributed by atoms with Crippen molar-refractivity contribution in [2.75, 3.05) is 0 Å². The first-order valence-electron chi connectivity index (χ1n) is 3.56. The lowest BCUT2D eigenvalue weighted by Crippen LogP contribution is -2.55. The molecule has 0 aromatic rings. The van der Waals surface area contributed by atoms with E-state index in [0.29, 0.717) is 6.92 Å². The van der Waals surface area contributed by atoms with Gasteiger partial charge in [-0.2, -0.15) is 30.7 Å². The van der Waals surface area contributed by atoms with E-state index in [1.54, 1.807) is 0 Å². The number of alkyl halides is 7. The van der Waals surface area contributed by atoms with Crippen LogP contribution in [0.25, 0.3) is 0 Å². The third-order valence-corrected chi connectivity index (χ3v) is 1.39. The molecule has 0 aromatic heterocycles. The van der Waals surface area contributed by atoms with Crippen molar-refractivity contribution in [1.29, 1.82) is 0 Å². The molecule has 0 rings (SSSR count). The molecule has 0 amide bonds. The maximum absolute atomic E-state index is 12.4. The van der Waals surface area contributed by atoms with Crippen molar-refractivity contribution in [2.45, 2.75) is 31.2 Å². The van der Waals surface area contributed by atoms with Gasteiger partial charge in [0.2, 0.25) is 0 Å². The van der Waals surface area contributed by atoms with Gasteiger partial charge in [0.05, 0.1) is 0 Å². The van der Waals surface area contributed by atoms with E-state index in [-0.39, 0.29) is 4.70 Å². The van der Waals surface area contributed by atoms with Gasteiger partial charge >= 0.3 is 24.2 Å². The Balaban J connectivity index is 0. The number of carboxylic acid groups (broad SMARTS) is 1. The first-order valence-corrected chi connectivity index (χ1v) is 3.56. The van der Waals surface area contributed by atoms with E-state index in [4.69, 9.17) is 5.11 Å². The number of carbonyl (C=O) groups is 1. The molecular formula is C6H6F8O3. The number of hydrogen-bond acceptors (Lipinski definition) is 2. The van der Waals surface area contributed by atoms with Crippen molar-refractivity contribution < 1.29 is 50.1 Å². The highest BCUT2D eigenvalue weighted by atomic mass is 19.4. The SMILES string of the molecule is CC(OC(F)(F)C(F)(F)C(F)(F)F)C(=O)O.F. The molecule has 0 radical (unpaired) electrons. The van der Waals surface area contributed by atoms with Gasteiger partial charge in [0.1, 0.15) is 0 Å². The van der Waals surface area contributed by atoms with Crippen molar-refractivity contribution in [3.63, 3.8) is 0 Å². The van der Waals surface area contributed by atoms with Crippen LogP contribution in [0.2, 0.25) is 0 Å². The molecule has 0 aliphatic rings. The Morgan fingerprint density at radius 2 is 1.47 bits per heavy atom. The Labute approximate surface area is 88.5 Å². The molecule has 1 N–H and O–H groups in total. The van der Waals surface area contributed by atoms with Crippen LogP contribution >= 0.6 is 0 Å². The second kappa shape index (κ2) is 5.02. The van der Waals surface area contributed by atoms with Crippen LogP contribution in [0.15, 0.2) is 0 Å². The molecule has 3 nitrogen and oxygen atoms in total. The van der Waals surface area contributed by atoms with Crippen LogP contribution in [0, 0.1) is 0 Å². The number of hydrogen-bond donors (Lipinski definition) is 1. The van der Waals surface area contributed by atoms with Gasteiger partial charge in [-0.05, 0) is 6.92 Å². The fourth-order valence-corrected chi connectivity index (χ4v) is 0.511. The number of ether oxygens (including phenoxy) is 1. The van der Waals surface area contributed by atoms with E-state index in [0.717, 1.165) is 0 Å². The van der Waals surface area contributed by atoms with Crippen molar-refractivity contribution >= 4 is 5.97 Å². The molecule has 0 aromatic carbocycles. The van der Waals surface area contributed by atoms with Gasteiger partial charge in [-0.3, -0.25) is 4.70 Å². The molecular weight excluding hydrogens is 272 g/mol. The van der Waals surface area contributed by atoms with Crippen LogP contribution < -0.4 is 0 Å². The fourth-order valence-electron chi connectivity index (χ4n) is 0.511. The molecule has 1 unspecified atom stereocenters. The summed E-state index contributed by atoms with van der Waals surface area (Å²) in [6.07, 6.45) is -15.0. The minimum atomic E-state index is -6.55. The van der Waals surface area contributed by atoms with Gasteiger partial charge in [-0.1, -0.05) is 0 Å². The first-order chi connectivity index (χ1) is 6.83. The van der Waals surface area contributed by atoms with E-state index >= 15 is 0 Å². The molecule has 0 heterocycles. The molecule has 0 aliphatic heterocycles. The minimum absolute atomic E-state index is 0. The Kier molecular flexibility index (Phi) is 5.39. The second-order valence-corrected chi connectivity index (χ2v) is 2.69. The molecule has 1 atom stereocenters. The summed E-state index contributed by atoms with van der Waals surface area (Å²) in [6.45, 7) is 0.392. The minimum Gasteiger partial charge on any atom is -0.479 e. The monoisotopic (exact) mass is 278 g/mol. The molecule has 0 aliphatic carbocycles. The number of carboxylic acids is 1. The summed E-state index contributed by atoms with van der Waals surface area (Å²) in [7, 11) is 0. The maximum atomic E-state index is 12.4. The Hall–Kier alpha value is -1.13. The molecule has 0 fully saturated rings. The summed E-state index contributed by atoms with van der Waals surface area (Å²) >= 11 is 0. The van der Waals surface area contributed by atoms with Crippen LogP contribution in [0.4, 0.5) is 35.4 Å². The zero-order valence-electron chi connectivity index (χ0n) is 7.90. The van der Waals surface area contributed by atoms with Gasteiger partial charge < -0.3 is 9.84 Å². The van der Waals surface area contributed by atoms with E-state index in [1.165, 1.54) is 0 Å². The largest absolute Gasteiger partial charge is 0.479 e. The summed E-state index contributed by atoms with van der Waals surface area (Å²) < 4.78 is 86.4. The van der Waals surface area contributed by atoms with Crippen molar-refractivity contribution in [2.24, 2.45) is 0 Å². The van der Waals surface area contributed by atoms with E-state index in [1.807, 2.05) is 0 Å². The lowest BCUT2D eigenvalue weighted by molar-refractivity contribution is -0.428. The average molecular weight is 278 g/mol. The lowest BCUT2D eigenvalue weighted by Gasteiger charge is -2.28. The van der Waals surface area contributed by atoms with Crippen LogP contribution in [0.5, 0.6) is 0 Å².